The molecule has 0 amide bonds. The summed E-state index contributed by atoms with van der Waals surface area (Å²) in [7, 11) is 0. The second-order valence-electron chi connectivity index (χ2n) is 4.12. The minimum absolute atomic E-state index is 0.363. The predicted octanol–water partition coefficient (Wildman–Crippen LogP) is 3.07. The lowest BCUT2D eigenvalue weighted by molar-refractivity contribution is 0.174. The number of benzene rings is 1. The fourth-order valence-electron chi connectivity index (χ4n) is 2.21. The highest BCUT2D eigenvalue weighted by Gasteiger charge is 2.14. The van der Waals surface area contributed by atoms with Crippen molar-refractivity contribution in [3.63, 3.8) is 0 Å². The van der Waals surface area contributed by atoms with Crippen LogP contribution in [-0.4, -0.2) is 6.79 Å². The molecule has 0 spiro atoms. The molecule has 1 aliphatic carbocycles. The van der Waals surface area contributed by atoms with E-state index in [0.717, 1.165) is 17.9 Å². The van der Waals surface area contributed by atoms with Gasteiger partial charge in [0.1, 0.15) is 0 Å². The Morgan fingerprint density at radius 3 is 2.93 bits per heavy atom. The first-order valence-electron chi connectivity index (χ1n) is 5.48. The first-order chi connectivity index (χ1) is 7.42. The first-order valence-corrected chi connectivity index (χ1v) is 5.48. The van der Waals surface area contributed by atoms with E-state index in [2.05, 4.69) is 18.2 Å². The maximum atomic E-state index is 5.36. The van der Waals surface area contributed by atoms with Crippen molar-refractivity contribution < 1.29 is 9.47 Å². The van der Waals surface area contributed by atoms with Crippen LogP contribution in [0.15, 0.2) is 29.8 Å². The van der Waals surface area contributed by atoms with Crippen LogP contribution >= 0.6 is 0 Å². The van der Waals surface area contributed by atoms with Crippen molar-refractivity contribution in [1.29, 1.82) is 0 Å². The van der Waals surface area contributed by atoms with E-state index < -0.39 is 0 Å². The molecule has 0 bridgehead atoms. The van der Waals surface area contributed by atoms with Gasteiger partial charge in [0.15, 0.2) is 11.5 Å². The third-order valence-electron chi connectivity index (χ3n) is 3.00. The van der Waals surface area contributed by atoms with Gasteiger partial charge >= 0.3 is 0 Å². The highest BCUT2D eigenvalue weighted by Crippen LogP contribution is 2.33. The van der Waals surface area contributed by atoms with Gasteiger partial charge in [0.05, 0.1) is 0 Å². The van der Waals surface area contributed by atoms with Crippen LogP contribution < -0.4 is 9.47 Å². The molecule has 3 rings (SSSR count). The minimum Gasteiger partial charge on any atom is -0.454 e. The first kappa shape index (κ1) is 8.84. The standard InChI is InChI=1S/C13H14O2/c1-2-4-10(3-1)7-11-5-6-12-13(8-11)15-9-14-12/h3,5-6,8H,1-2,4,7,9H2. The van der Waals surface area contributed by atoms with Crippen molar-refractivity contribution in [2.45, 2.75) is 25.7 Å². The van der Waals surface area contributed by atoms with Crippen LogP contribution in [0.2, 0.25) is 0 Å². The van der Waals surface area contributed by atoms with Crippen LogP contribution in [0.25, 0.3) is 0 Å². The fraction of sp³-hybridized carbons (Fsp3) is 0.385. The molecular weight excluding hydrogens is 188 g/mol. The molecule has 0 unspecified atom stereocenters. The van der Waals surface area contributed by atoms with E-state index in [9.17, 15) is 0 Å². The minimum atomic E-state index is 0.363. The van der Waals surface area contributed by atoms with Crippen molar-refractivity contribution in [2.75, 3.05) is 6.79 Å². The Labute approximate surface area is 89.5 Å². The van der Waals surface area contributed by atoms with Gasteiger partial charge in [0.2, 0.25) is 6.79 Å². The largest absolute Gasteiger partial charge is 0.454 e. The normalized spacial score (nSPS) is 18.0. The quantitative estimate of drug-likeness (QED) is 0.686. The van der Waals surface area contributed by atoms with E-state index in [1.165, 1.54) is 24.8 Å². The molecule has 2 heteroatoms. The Morgan fingerprint density at radius 2 is 2.07 bits per heavy atom. The van der Waals surface area contributed by atoms with E-state index in [1.54, 1.807) is 5.57 Å². The zero-order chi connectivity index (χ0) is 10.1. The van der Waals surface area contributed by atoms with Gasteiger partial charge in [-0.3, -0.25) is 0 Å². The molecule has 0 saturated carbocycles. The van der Waals surface area contributed by atoms with Crippen molar-refractivity contribution >= 4 is 0 Å². The number of allylic oxidation sites excluding steroid dienone is 2. The van der Waals surface area contributed by atoms with Gasteiger partial charge < -0.3 is 9.47 Å². The molecule has 1 aromatic rings. The summed E-state index contributed by atoms with van der Waals surface area (Å²) >= 11 is 0. The summed E-state index contributed by atoms with van der Waals surface area (Å²) in [5, 5.41) is 0. The summed E-state index contributed by atoms with van der Waals surface area (Å²) in [6.07, 6.45) is 7.26. The highest BCUT2D eigenvalue weighted by atomic mass is 16.7. The van der Waals surface area contributed by atoms with E-state index in [0.29, 0.717) is 6.79 Å². The van der Waals surface area contributed by atoms with Crippen LogP contribution in [0.3, 0.4) is 0 Å². The lowest BCUT2D eigenvalue weighted by Crippen LogP contribution is -1.93. The van der Waals surface area contributed by atoms with Gasteiger partial charge in [0, 0.05) is 0 Å². The maximum Gasteiger partial charge on any atom is 0.231 e. The second kappa shape index (κ2) is 3.61. The van der Waals surface area contributed by atoms with Gasteiger partial charge in [-0.15, -0.1) is 0 Å². The number of hydrogen-bond acceptors (Lipinski definition) is 2. The van der Waals surface area contributed by atoms with E-state index in [4.69, 9.17) is 9.47 Å². The molecule has 0 aromatic heterocycles. The molecule has 1 aliphatic heterocycles. The van der Waals surface area contributed by atoms with E-state index in [1.807, 2.05) is 6.07 Å². The van der Waals surface area contributed by atoms with Crippen molar-refractivity contribution in [1.82, 2.24) is 0 Å². The summed E-state index contributed by atoms with van der Waals surface area (Å²) in [5.74, 6) is 1.77. The molecular formula is C13H14O2. The lowest BCUT2D eigenvalue weighted by atomic mass is 10.0. The van der Waals surface area contributed by atoms with Gasteiger partial charge in [-0.05, 0) is 43.4 Å². The van der Waals surface area contributed by atoms with Crippen molar-refractivity contribution in [3.05, 3.63) is 35.4 Å². The third kappa shape index (κ3) is 1.72. The molecule has 1 aromatic carbocycles. The smallest absolute Gasteiger partial charge is 0.231 e. The zero-order valence-corrected chi connectivity index (χ0v) is 8.66. The molecule has 0 saturated heterocycles. The summed E-state index contributed by atoms with van der Waals surface area (Å²) in [4.78, 5) is 0. The second-order valence-corrected chi connectivity index (χ2v) is 4.12. The molecule has 1 heterocycles. The Kier molecular flexibility index (Phi) is 2.13. The topological polar surface area (TPSA) is 18.5 Å². The average Bonchev–Trinajstić information content (AvgIpc) is 2.87. The molecule has 2 aliphatic rings. The molecule has 0 fully saturated rings. The Morgan fingerprint density at radius 1 is 1.13 bits per heavy atom. The van der Waals surface area contributed by atoms with Gasteiger partial charge in [-0.2, -0.15) is 0 Å². The molecule has 0 atom stereocenters. The van der Waals surface area contributed by atoms with Crippen molar-refractivity contribution in [3.8, 4) is 11.5 Å². The van der Waals surface area contributed by atoms with Crippen molar-refractivity contribution in [2.24, 2.45) is 0 Å². The number of rotatable bonds is 2. The Hall–Kier alpha value is -1.44. The van der Waals surface area contributed by atoms with Crippen LogP contribution in [0, 0.1) is 0 Å². The number of fused-ring (bicyclic) bond motifs is 1. The lowest BCUT2D eigenvalue weighted by Gasteiger charge is -2.03. The SMILES string of the molecule is C1=C(Cc2ccc3c(c2)OCO3)CCC1. The van der Waals surface area contributed by atoms with Crippen LogP contribution in [0.4, 0.5) is 0 Å². The monoisotopic (exact) mass is 202 g/mol. The summed E-state index contributed by atoms with van der Waals surface area (Å²) in [6, 6.07) is 6.24. The summed E-state index contributed by atoms with van der Waals surface area (Å²) in [6.45, 7) is 0.363. The van der Waals surface area contributed by atoms with Gasteiger partial charge in [0.25, 0.3) is 0 Å². The van der Waals surface area contributed by atoms with E-state index >= 15 is 0 Å². The fourth-order valence-corrected chi connectivity index (χ4v) is 2.21. The molecule has 0 radical (unpaired) electrons. The summed E-state index contributed by atoms with van der Waals surface area (Å²) < 4.78 is 10.6. The zero-order valence-electron chi connectivity index (χ0n) is 8.66. The average molecular weight is 202 g/mol. The van der Waals surface area contributed by atoms with Crippen LogP contribution in [0.5, 0.6) is 11.5 Å². The van der Waals surface area contributed by atoms with E-state index in [-0.39, 0.29) is 0 Å². The number of hydrogen-bond donors (Lipinski definition) is 0. The molecule has 0 N–H and O–H groups in total. The highest BCUT2D eigenvalue weighted by molar-refractivity contribution is 5.45. The maximum absolute atomic E-state index is 5.36. The summed E-state index contributed by atoms with van der Waals surface area (Å²) in [5.41, 5.74) is 2.89. The predicted molar refractivity (Wildman–Crippen MR) is 58.2 cm³/mol. The van der Waals surface area contributed by atoms with Crippen LogP contribution in [0.1, 0.15) is 24.8 Å². The third-order valence-corrected chi connectivity index (χ3v) is 3.00. The number of ether oxygens (including phenoxy) is 2. The van der Waals surface area contributed by atoms with Crippen LogP contribution in [-0.2, 0) is 6.42 Å². The Balaban J connectivity index is 1.80. The molecule has 78 valence electrons. The Bertz CT molecular complexity index is 407. The van der Waals surface area contributed by atoms with Gasteiger partial charge in [-0.25, -0.2) is 0 Å². The molecule has 2 nitrogen and oxygen atoms in total. The van der Waals surface area contributed by atoms with Gasteiger partial charge in [-0.1, -0.05) is 17.7 Å². The molecule has 15 heavy (non-hydrogen) atoms.